The summed E-state index contributed by atoms with van der Waals surface area (Å²) >= 11 is 0. The van der Waals surface area contributed by atoms with Gasteiger partial charge in [-0.1, -0.05) is 13.8 Å². The van der Waals surface area contributed by atoms with E-state index in [2.05, 4.69) is 19.9 Å². The van der Waals surface area contributed by atoms with E-state index in [0.717, 1.165) is 6.42 Å². The first-order valence-electron chi connectivity index (χ1n) is 2.56. The number of rotatable bonds is 0. The molecule has 0 aromatic carbocycles. The summed E-state index contributed by atoms with van der Waals surface area (Å²) in [6, 6.07) is 2.23. The van der Waals surface area contributed by atoms with E-state index in [4.69, 9.17) is 5.26 Å². The van der Waals surface area contributed by atoms with E-state index >= 15 is 0 Å². The molecule has 0 amide bonds. The fourth-order valence-electron chi connectivity index (χ4n) is 0.688. The highest BCUT2D eigenvalue weighted by Crippen LogP contribution is 2.50. The Kier molecular flexibility index (Phi) is 0.667. The van der Waals surface area contributed by atoms with Crippen LogP contribution in [0.1, 0.15) is 20.3 Å². The smallest absolute Gasteiger partial charge is 0.0661 e. The van der Waals surface area contributed by atoms with Crippen LogP contribution in [0.3, 0.4) is 0 Å². The zero-order valence-corrected chi connectivity index (χ0v) is 4.73. The van der Waals surface area contributed by atoms with Gasteiger partial charge < -0.3 is 0 Å². The summed E-state index contributed by atoms with van der Waals surface area (Å²) in [5, 5.41) is 8.29. The molecule has 1 aliphatic rings. The third-order valence-electron chi connectivity index (χ3n) is 1.67. The van der Waals surface area contributed by atoms with Gasteiger partial charge in [-0.05, 0) is 11.8 Å². The van der Waals surface area contributed by atoms with Crippen LogP contribution in [0.2, 0.25) is 0 Å². The van der Waals surface area contributed by atoms with E-state index in [0.29, 0.717) is 11.3 Å². The Balaban J connectivity index is 2.49. The van der Waals surface area contributed by atoms with Crippen molar-refractivity contribution in [2.45, 2.75) is 20.3 Å². The Labute approximate surface area is 44.0 Å². The molecule has 1 fully saturated rings. The molecule has 0 heterocycles. The highest BCUT2D eigenvalue weighted by molar-refractivity contribution is 5.07. The monoisotopic (exact) mass is 95.1 g/mol. The first-order valence-corrected chi connectivity index (χ1v) is 2.56. The zero-order valence-electron chi connectivity index (χ0n) is 4.73. The third kappa shape index (κ3) is 0.608. The Bertz CT molecular complexity index is 119. The Hall–Kier alpha value is -0.510. The highest BCUT2D eigenvalue weighted by Gasteiger charge is 2.45. The Morgan fingerprint density at radius 2 is 2.14 bits per heavy atom. The van der Waals surface area contributed by atoms with E-state index in [1.807, 2.05) is 0 Å². The fraction of sp³-hybridized carbons (Fsp3) is 0.833. The molecule has 1 nitrogen and oxygen atoms in total. The molecule has 1 rings (SSSR count). The van der Waals surface area contributed by atoms with E-state index < -0.39 is 0 Å². The van der Waals surface area contributed by atoms with Gasteiger partial charge in [0.1, 0.15) is 0 Å². The van der Waals surface area contributed by atoms with Crippen LogP contribution in [0, 0.1) is 22.7 Å². The molecule has 38 valence electrons. The van der Waals surface area contributed by atoms with Crippen molar-refractivity contribution >= 4 is 0 Å². The molecule has 0 radical (unpaired) electrons. The maximum Gasteiger partial charge on any atom is 0.0661 e. The third-order valence-corrected chi connectivity index (χ3v) is 1.67. The van der Waals surface area contributed by atoms with E-state index in [1.54, 1.807) is 0 Å². The van der Waals surface area contributed by atoms with Crippen LogP contribution >= 0.6 is 0 Å². The van der Waals surface area contributed by atoms with Crippen LogP contribution in [-0.2, 0) is 0 Å². The van der Waals surface area contributed by atoms with E-state index in [-0.39, 0.29) is 0 Å². The molecule has 1 atom stereocenters. The Morgan fingerprint density at radius 3 is 2.14 bits per heavy atom. The lowest BCUT2D eigenvalue weighted by Crippen LogP contribution is -1.84. The summed E-state index contributed by atoms with van der Waals surface area (Å²) in [6.07, 6.45) is 1.10. The molecule has 1 aliphatic carbocycles. The predicted octanol–water partition coefficient (Wildman–Crippen LogP) is 1.56. The number of nitriles is 1. The quantitative estimate of drug-likeness (QED) is 0.448. The molecule has 1 saturated carbocycles. The molecular weight excluding hydrogens is 86.1 g/mol. The lowest BCUT2D eigenvalue weighted by atomic mass is 10.1. The maximum atomic E-state index is 8.29. The minimum absolute atomic E-state index is 0.354. The lowest BCUT2D eigenvalue weighted by molar-refractivity contribution is 0.614. The summed E-state index contributed by atoms with van der Waals surface area (Å²) in [5.74, 6) is 0.354. The second-order valence-electron chi connectivity index (χ2n) is 2.87. The van der Waals surface area contributed by atoms with Gasteiger partial charge in [-0.15, -0.1) is 0 Å². The zero-order chi connectivity index (χ0) is 5.49. The van der Waals surface area contributed by atoms with Crippen molar-refractivity contribution in [1.82, 2.24) is 0 Å². The van der Waals surface area contributed by atoms with Gasteiger partial charge in [0, 0.05) is 0 Å². The molecule has 0 N–H and O–H groups in total. The summed E-state index contributed by atoms with van der Waals surface area (Å²) in [6.45, 7) is 4.25. The molecule has 1 heteroatoms. The molecule has 0 aromatic heterocycles. The van der Waals surface area contributed by atoms with Crippen molar-refractivity contribution in [3.63, 3.8) is 0 Å². The van der Waals surface area contributed by atoms with Gasteiger partial charge in [0.05, 0.1) is 12.0 Å². The molecule has 0 aliphatic heterocycles. The standard InChI is InChI=1S/C6H9N/c1-6(2)3-5(6)4-7/h5H,3H2,1-2H3/t5-/m0/s1. The summed E-state index contributed by atoms with van der Waals surface area (Å²) in [5.41, 5.74) is 0.356. The lowest BCUT2D eigenvalue weighted by Gasteiger charge is -1.90. The van der Waals surface area contributed by atoms with Crippen LogP contribution in [0.5, 0.6) is 0 Å². The number of hydrogen-bond donors (Lipinski definition) is 0. The SMILES string of the molecule is CC1(C)C[C@H]1C#N. The molecule has 0 unspecified atom stereocenters. The molecule has 0 aromatic rings. The number of nitrogens with zero attached hydrogens (tertiary/aromatic N) is 1. The minimum Gasteiger partial charge on any atom is -0.198 e. The van der Waals surface area contributed by atoms with Crippen LogP contribution in [0.4, 0.5) is 0 Å². The van der Waals surface area contributed by atoms with Gasteiger partial charge in [0.15, 0.2) is 0 Å². The van der Waals surface area contributed by atoms with Gasteiger partial charge in [-0.3, -0.25) is 0 Å². The van der Waals surface area contributed by atoms with Gasteiger partial charge in [0.25, 0.3) is 0 Å². The molecular formula is C6H9N. The van der Waals surface area contributed by atoms with Crippen molar-refractivity contribution in [3.05, 3.63) is 0 Å². The maximum absolute atomic E-state index is 8.29. The topological polar surface area (TPSA) is 23.8 Å². The van der Waals surface area contributed by atoms with E-state index in [1.165, 1.54) is 0 Å². The summed E-state index contributed by atoms with van der Waals surface area (Å²) in [4.78, 5) is 0. The van der Waals surface area contributed by atoms with Crippen molar-refractivity contribution < 1.29 is 0 Å². The summed E-state index contributed by atoms with van der Waals surface area (Å²) in [7, 11) is 0. The van der Waals surface area contributed by atoms with Crippen LogP contribution in [-0.4, -0.2) is 0 Å². The highest BCUT2D eigenvalue weighted by atomic mass is 14.5. The van der Waals surface area contributed by atoms with Crippen molar-refractivity contribution in [3.8, 4) is 6.07 Å². The average molecular weight is 95.1 g/mol. The summed E-state index contributed by atoms with van der Waals surface area (Å²) < 4.78 is 0. The molecule has 0 saturated heterocycles. The molecule has 0 bridgehead atoms. The fourth-order valence-corrected chi connectivity index (χ4v) is 0.688. The van der Waals surface area contributed by atoms with Crippen LogP contribution < -0.4 is 0 Å². The van der Waals surface area contributed by atoms with Crippen LogP contribution in [0.25, 0.3) is 0 Å². The normalized spacial score (nSPS) is 34.1. The largest absolute Gasteiger partial charge is 0.198 e. The van der Waals surface area contributed by atoms with Crippen molar-refractivity contribution in [2.75, 3.05) is 0 Å². The molecule has 0 spiro atoms. The first kappa shape index (κ1) is 4.64. The average Bonchev–Trinajstić information content (AvgIpc) is 2.13. The predicted molar refractivity (Wildman–Crippen MR) is 27.5 cm³/mol. The first-order chi connectivity index (χ1) is 3.17. The second-order valence-corrected chi connectivity index (χ2v) is 2.87. The number of hydrogen-bond acceptors (Lipinski definition) is 1. The van der Waals surface area contributed by atoms with Crippen molar-refractivity contribution in [2.24, 2.45) is 11.3 Å². The minimum atomic E-state index is 0.354. The Morgan fingerprint density at radius 1 is 1.71 bits per heavy atom. The molecule has 7 heavy (non-hydrogen) atoms. The van der Waals surface area contributed by atoms with Crippen LogP contribution in [0.15, 0.2) is 0 Å². The van der Waals surface area contributed by atoms with Gasteiger partial charge in [-0.25, -0.2) is 0 Å². The van der Waals surface area contributed by atoms with E-state index in [9.17, 15) is 0 Å². The van der Waals surface area contributed by atoms with Gasteiger partial charge in [-0.2, -0.15) is 5.26 Å². The van der Waals surface area contributed by atoms with Gasteiger partial charge >= 0.3 is 0 Å². The van der Waals surface area contributed by atoms with Gasteiger partial charge in [0.2, 0.25) is 0 Å². The van der Waals surface area contributed by atoms with Crippen molar-refractivity contribution in [1.29, 1.82) is 5.26 Å². The second kappa shape index (κ2) is 1.01.